The van der Waals surface area contributed by atoms with Gasteiger partial charge in [0.15, 0.2) is 18.5 Å². The highest BCUT2D eigenvalue weighted by Gasteiger charge is 2.34. The summed E-state index contributed by atoms with van der Waals surface area (Å²) in [4.78, 5) is 69.1. The summed E-state index contributed by atoms with van der Waals surface area (Å²) in [7, 11) is 1.88. The monoisotopic (exact) mass is 568 g/mol. The van der Waals surface area contributed by atoms with Gasteiger partial charge in [-0.05, 0) is 38.8 Å². The molecule has 0 spiro atoms. The van der Waals surface area contributed by atoms with Gasteiger partial charge in [0.25, 0.3) is 0 Å². The maximum Gasteiger partial charge on any atom is 0.355 e. The third-order valence-electron chi connectivity index (χ3n) is 6.58. The molecule has 12 nitrogen and oxygen atoms in total. The fourth-order valence-electron chi connectivity index (χ4n) is 4.47. The van der Waals surface area contributed by atoms with Crippen molar-refractivity contribution in [2.45, 2.75) is 84.4 Å². The molecule has 3 unspecified atom stereocenters. The lowest BCUT2D eigenvalue weighted by molar-refractivity contribution is -0.158. The second kappa shape index (κ2) is 15.5. The highest BCUT2D eigenvalue weighted by atomic mass is 32.1. The molecule has 13 heteroatoms. The van der Waals surface area contributed by atoms with E-state index in [0.717, 1.165) is 30.7 Å². The zero-order valence-corrected chi connectivity index (χ0v) is 24.1. The molecule has 0 aromatic carbocycles. The molecule has 218 valence electrons. The van der Waals surface area contributed by atoms with Crippen molar-refractivity contribution in [2.75, 3.05) is 26.9 Å². The summed E-state index contributed by atoms with van der Waals surface area (Å²) < 4.78 is 10.9. The number of likely N-dealkylation sites (tertiary alicyclic amines) is 1. The normalized spacial score (nSPS) is 17.2. The molecule has 2 rings (SSSR count). The average Bonchev–Trinajstić information content (AvgIpc) is 3.37. The third-order valence-corrected chi connectivity index (χ3v) is 7.51. The van der Waals surface area contributed by atoms with E-state index in [1.807, 2.05) is 32.7 Å². The van der Waals surface area contributed by atoms with E-state index in [2.05, 4.69) is 10.3 Å². The highest BCUT2D eigenvalue weighted by molar-refractivity contribution is 7.09. The highest BCUT2D eigenvalue weighted by Crippen LogP contribution is 2.31. The van der Waals surface area contributed by atoms with Gasteiger partial charge in [-0.1, -0.05) is 27.2 Å². The molecule has 0 bridgehead atoms. The number of esters is 2. The van der Waals surface area contributed by atoms with Crippen LogP contribution in [-0.4, -0.2) is 88.6 Å². The van der Waals surface area contributed by atoms with E-state index in [0.29, 0.717) is 12.8 Å². The fraction of sp³-hybridized carbons (Fsp3) is 0.692. The van der Waals surface area contributed by atoms with Gasteiger partial charge in [-0.25, -0.2) is 9.78 Å². The molecule has 1 saturated heterocycles. The number of rotatable bonds is 14. The first-order valence-corrected chi connectivity index (χ1v) is 14.1. The molecule has 1 fully saturated rings. The van der Waals surface area contributed by atoms with Crippen molar-refractivity contribution < 1.29 is 38.6 Å². The van der Waals surface area contributed by atoms with Crippen LogP contribution in [0.2, 0.25) is 0 Å². The van der Waals surface area contributed by atoms with E-state index < -0.39 is 36.0 Å². The number of carboxylic acids is 1. The molecule has 2 heterocycles. The second-order valence-electron chi connectivity index (χ2n) is 9.99. The quantitative estimate of drug-likeness (QED) is 0.253. The van der Waals surface area contributed by atoms with Gasteiger partial charge in [0.2, 0.25) is 11.8 Å². The van der Waals surface area contributed by atoms with Crippen LogP contribution in [0.15, 0.2) is 5.38 Å². The predicted molar refractivity (Wildman–Crippen MR) is 143 cm³/mol. The number of nitrogens with zero attached hydrogens (tertiary/aromatic N) is 3. The summed E-state index contributed by atoms with van der Waals surface area (Å²) in [6.45, 7) is 6.96. The van der Waals surface area contributed by atoms with E-state index in [9.17, 15) is 29.1 Å². The predicted octanol–water partition coefficient (Wildman–Crippen LogP) is 2.59. The van der Waals surface area contributed by atoms with Crippen LogP contribution in [0.5, 0.6) is 0 Å². The number of thiazole rings is 1. The topological polar surface area (TPSA) is 155 Å². The van der Waals surface area contributed by atoms with E-state index >= 15 is 0 Å². The summed E-state index contributed by atoms with van der Waals surface area (Å²) in [5, 5.41) is 13.6. The van der Waals surface area contributed by atoms with Crippen LogP contribution in [-0.2, 0) is 28.7 Å². The van der Waals surface area contributed by atoms with Gasteiger partial charge in [-0.3, -0.25) is 24.1 Å². The largest absolute Gasteiger partial charge is 0.476 e. The Hall–Kier alpha value is -3.06. The maximum absolute atomic E-state index is 13.5. The van der Waals surface area contributed by atoms with Crippen molar-refractivity contribution in [3.63, 3.8) is 0 Å². The van der Waals surface area contributed by atoms with Crippen LogP contribution in [0.25, 0.3) is 0 Å². The van der Waals surface area contributed by atoms with Gasteiger partial charge in [-0.2, -0.15) is 0 Å². The minimum absolute atomic E-state index is 0.0835. The van der Waals surface area contributed by atoms with Crippen LogP contribution in [0.3, 0.4) is 0 Å². The smallest absolute Gasteiger partial charge is 0.355 e. The molecule has 1 aliphatic heterocycles. The number of hydrogen-bond donors (Lipinski definition) is 2. The van der Waals surface area contributed by atoms with Gasteiger partial charge < -0.3 is 24.8 Å². The molecule has 39 heavy (non-hydrogen) atoms. The lowest BCUT2D eigenvalue weighted by Crippen LogP contribution is -2.52. The van der Waals surface area contributed by atoms with Gasteiger partial charge in [-0.15, -0.1) is 11.3 Å². The molecule has 2 N–H and O–H groups in total. The number of aromatic carboxylic acids is 1. The number of carboxylic acid groups (broad SMARTS) is 1. The Kier molecular flexibility index (Phi) is 12.8. The van der Waals surface area contributed by atoms with E-state index in [1.165, 1.54) is 17.2 Å². The molecule has 1 aliphatic rings. The summed E-state index contributed by atoms with van der Waals surface area (Å²) in [6, 6.07) is -0.910. The zero-order chi connectivity index (χ0) is 29.1. The molecule has 1 aromatic rings. The number of aromatic nitrogens is 1. The minimum atomic E-state index is -1.21. The molecular weight excluding hydrogens is 528 g/mol. The summed E-state index contributed by atoms with van der Waals surface area (Å²) in [6.07, 6.45) is 2.58. The Morgan fingerprint density at radius 2 is 1.97 bits per heavy atom. The number of carbonyl (C=O) groups excluding carboxylic acids is 4. The Bertz CT molecular complexity index is 1010. The van der Waals surface area contributed by atoms with Crippen molar-refractivity contribution in [1.29, 1.82) is 0 Å². The lowest BCUT2D eigenvalue weighted by Gasteiger charge is -2.36. The number of piperidine rings is 1. The van der Waals surface area contributed by atoms with Crippen LogP contribution < -0.4 is 5.32 Å². The number of ether oxygens (including phenoxy) is 2. The molecular formula is C26H40N4O8S. The summed E-state index contributed by atoms with van der Waals surface area (Å²) in [5.41, 5.74) is -0.176. The fourth-order valence-corrected chi connectivity index (χ4v) is 5.30. The average molecular weight is 569 g/mol. The number of hydrogen-bond acceptors (Lipinski definition) is 10. The standard InChI is InChI=1S/C26H40N4O8S/c1-6-9-23(33)37-15-30(22(32)13-27-24(34)19-10-7-8-11-29(19)5)20(16(2)3)12-21(38-17(4)31)25-28-18(14-39-25)26(35)36/h14,16,19-21H,6-13,15H2,1-5H3,(H,27,34)(H,35,36). The third kappa shape index (κ3) is 9.88. The lowest BCUT2D eigenvalue weighted by atomic mass is 9.96. The second-order valence-corrected chi connectivity index (χ2v) is 10.9. The van der Waals surface area contributed by atoms with Crippen LogP contribution in [0, 0.1) is 5.92 Å². The van der Waals surface area contributed by atoms with E-state index in [-0.39, 0.29) is 54.7 Å². The minimum Gasteiger partial charge on any atom is -0.476 e. The van der Waals surface area contributed by atoms with Crippen molar-refractivity contribution in [2.24, 2.45) is 5.92 Å². The van der Waals surface area contributed by atoms with Crippen molar-refractivity contribution >= 4 is 41.1 Å². The van der Waals surface area contributed by atoms with Gasteiger partial charge in [0.1, 0.15) is 5.01 Å². The van der Waals surface area contributed by atoms with Crippen molar-refractivity contribution in [3.8, 4) is 0 Å². The Labute approximate surface area is 233 Å². The molecule has 0 saturated carbocycles. The zero-order valence-electron chi connectivity index (χ0n) is 23.3. The molecule has 2 amide bonds. The molecule has 0 radical (unpaired) electrons. The molecule has 0 aliphatic carbocycles. The van der Waals surface area contributed by atoms with Crippen molar-refractivity contribution in [3.05, 3.63) is 16.1 Å². The van der Waals surface area contributed by atoms with E-state index in [1.54, 1.807) is 0 Å². The number of carbonyl (C=O) groups is 5. The Morgan fingerprint density at radius 3 is 2.54 bits per heavy atom. The molecule has 3 atom stereocenters. The molecule has 1 aromatic heterocycles. The van der Waals surface area contributed by atoms with Gasteiger partial charge in [0.05, 0.1) is 12.6 Å². The number of nitrogens with one attached hydrogen (secondary N) is 1. The first-order chi connectivity index (χ1) is 18.4. The summed E-state index contributed by atoms with van der Waals surface area (Å²) in [5.74, 6) is -3.15. The van der Waals surface area contributed by atoms with Crippen molar-refractivity contribution in [1.82, 2.24) is 20.1 Å². The summed E-state index contributed by atoms with van der Waals surface area (Å²) >= 11 is 1.04. The maximum atomic E-state index is 13.5. The first-order valence-electron chi connectivity index (χ1n) is 13.2. The number of amides is 2. The van der Waals surface area contributed by atoms with E-state index in [4.69, 9.17) is 9.47 Å². The SMILES string of the molecule is CCCC(=O)OCN(C(=O)CNC(=O)C1CCCCN1C)C(CC(OC(C)=O)c1nc(C(=O)O)cs1)C(C)C. The Morgan fingerprint density at radius 1 is 1.26 bits per heavy atom. The Balaban J connectivity index is 2.27. The van der Waals surface area contributed by atoms with Crippen LogP contribution in [0.4, 0.5) is 0 Å². The van der Waals surface area contributed by atoms with Gasteiger partial charge >= 0.3 is 17.9 Å². The van der Waals surface area contributed by atoms with Gasteiger partial charge in [0, 0.05) is 31.2 Å². The van der Waals surface area contributed by atoms with Crippen LogP contribution >= 0.6 is 11.3 Å². The number of likely N-dealkylation sites (N-methyl/N-ethyl adjacent to an activating group) is 1. The first kappa shape index (κ1) is 32.2. The van der Waals surface area contributed by atoms with Crippen LogP contribution in [0.1, 0.15) is 87.8 Å².